The number of anilines is 1. The second-order valence-corrected chi connectivity index (χ2v) is 8.85. The van der Waals surface area contributed by atoms with Crippen LogP contribution in [0, 0.1) is 0 Å². The van der Waals surface area contributed by atoms with E-state index in [0.29, 0.717) is 18.0 Å². The summed E-state index contributed by atoms with van der Waals surface area (Å²) in [7, 11) is 2.04. The van der Waals surface area contributed by atoms with Gasteiger partial charge in [0.05, 0.1) is 20.5 Å². The lowest BCUT2D eigenvalue weighted by Gasteiger charge is -2.17. The molecule has 2 aromatic carbocycles. The Morgan fingerprint density at radius 3 is 2.03 bits per heavy atom. The average molecular weight is 499 g/mol. The zero-order valence-corrected chi connectivity index (χ0v) is 20.3. The number of benzene rings is 2. The maximum Gasteiger partial charge on any atom is 0.414 e. The molecule has 0 heterocycles. The third-order valence-corrected chi connectivity index (χ3v) is 4.92. The molecule has 11 nitrogen and oxygen atoms in total. The van der Waals surface area contributed by atoms with Crippen LogP contribution in [0.2, 0.25) is 0 Å². The minimum absolute atomic E-state index is 0.516. The van der Waals surface area contributed by atoms with Gasteiger partial charge in [-0.05, 0) is 55.4 Å². The molecule has 2 aromatic rings. The molecule has 188 valence electrons. The van der Waals surface area contributed by atoms with Gasteiger partial charge in [0, 0.05) is 18.8 Å². The number of nitrogens with one attached hydrogen (secondary N) is 1. The van der Waals surface area contributed by atoms with E-state index < -0.39 is 22.0 Å². The average Bonchev–Trinajstić information content (AvgIpc) is 2.78. The SMILES string of the molecule is COc1ccc(CCN(C)CCOc2ccc(NS(C)(=O)=O)cc2)cc1OC.O=C(O)C(=O)O. The molecule has 0 saturated heterocycles. The van der Waals surface area contributed by atoms with Gasteiger partial charge in [0.15, 0.2) is 11.5 Å². The van der Waals surface area contributed by atoms with Crippen molar-refractivity contribution in [2.45, 2.75) is 6.42 Å². The first-order valence-corrected chi connectivity index (χ1v) is 11.9. The number of carboxylic acids is 2. The summed E-state index contributed by atoms with van der Waals surface area (Å²) in [6.07, 6.45) is 2.01. The number of hydrogen-bond acceptors (Lipinski definition) is 8. The van der Waals surface area contributed by atoms with Crippen LogP contribution in [0.4, 0.5) is 5.69 Å². The third-order valence-electron chi connectivity index (χ3n) is 4.31. The number of hydrogen-bond donors (Lipinski definition) is 3. The van der Waals surface area contributed by atoms with Crippen LogP contribution in [0.1, 0.15) is 5.56 Å². The van der Waals surface area contributed by atoms with Crippen molar-refractivity contribution < 1.29 is 42.4 Å². The Balaban J connectivity index is 0.000000852. The Kier molecular flexibility index (Phi) is 11.7. The van der Waals surface area contributed by atoms with Gasteiger partial charge < -0.3 is 29.3 Å². The van der Waals surface area contributed by atoms with Crippen LogP contribution >= 0.6 is 0 Å². The predicted octanol–water partition coefficient (Wildman–Crippen LogP) is 1.78. The number of likely N-dealkylation sites (N-methyl/N-ethyl adjacent to an activating group) is 1. The normalized spacial score (nSPS) is 10.6. The topological polar surface area (TPSA) is 152 Å². The molecule has 0 radical (unpaired) electrons. The van der Waals surface area contributed by atoms with Gasteiger partial charge in [-0.25, -0.2) is 18.0 Å². The Bertz CT molecular complexity index is 1030. The van der Waals surface area contributed by atoms with Gasteiger partial charge in [-0.15, -0.1) is 0 Å². The van der Waals surface area contributed by atoms with Crippen molar-refractivity contribution in [3.8, 4) is 17.2 Å². The second kappa shape index (κ2) is 13.9. The number of carboxylic acid groups (broad SMARTS) is 2. The first-order chi connectivity index (χ1) is 15.9. The van der Waals surface area contributed by atoms with Gasteiger partial charge in [-0.3, -0.25) is 4.72 Å². The summed E-state index contributed by atoms with van der Waals surface area (Å²) < 4.78 is 41.1. The number of methoxy groups -OCH3 is 2. The van der Waals surface area contributed by atoms with Gasteiger partial charge in [-0.1, -0.05) is 6.07 Å². The second-order valence-electron chi connectivity index (χ2n) is 7.10. The van der Waals surface area contributed by atoms with E-state index in [0.717, 1.165) is 37.3 Å². The molecular formula is C22H30N2O9S. The number of sulfonamides is 1. The molecular weight excluding hydrogens is 468 g/mol. The summed E-state index contributed by atoms with van der Waals surface area (Å²) in [4.78, 5) is 20.4. The fourth-order valence-corrected chi connectivity index (χ4v) is 3.18. The van der Waals surface area contributed by atoms with Crippen molar-refractivity contribution in [2.75, 3.05) is 51.9 Å². The van der Waals surface area contributed by atoms with E-state index in [2.05, 4.69) is 9.62 Å². The molecule has 34 heavy (non-hydrogen) atoms. The van der Waals surface area contributed by atoms with Crippen molar-refractivity contribution in [2.24, 2.45) is 0 Å². The minimum atomic E-state index is -3.27. The van der Waals surface area contributed by atoms with E-state index in [-0.39, 0.29) is 0 Å². The summed E-state index contributed by atoms with van der Waals surface area (Å²) in [5.74, 6) is -1.48. The van der Waals surface area contributed by atoms with Crippen molar-refractivity contribution in [1.29, 1.82) is 0 Å². The number of carbonyl (C=O) groups is 2. The predicted molar refractivity (Wildman–Crippen MR) is 126 cm³/mol. The summed E-state index contributed by atoms with van der Waals surface area (Å²) in [6.45, 7) is 2.20. The lowest BCUT2D eigenvalue weighted by atomic mass is 10.1. The van der Waals surface area contributed by atoms with Gasteiger partial charge in [0.2, 0.25) is 10.0 Å². The highest BCUT2D eigenvalue weighted by Crippen LogP contribution is 2.27. The van der Waals surface area contributed by atoms with Gasteiger partial charge in [0.25, 0.3) is 0 Å². The number of rotatable bonds is 11. The molecule has 0 fully saturated rings. The van der Waals surface area contributed by atoms with E-state index in [9.17, 15) is 8.42 Å². The standard InChI is InChI=1S/C20H28N2O5S.C2H2O4/c1-22(12-11-16-5-10-19(25-2)20(15-16)26-3)13-14-27-18-8-6-17(7-9-18)21-28(4,23)24;3-1(4)2(5)6/h5-10,15,21H,11-14H2,1-4H3;(H,3,4)(H,5,6). The largest absolute Gasteiger partial charge is 0.493 e. The molecule has 0 aliphatic carbocycles. The molecule has 2 rings (SSSR count). The van der Waals surface area contributed by atoms with Crippen LogP contribution in [0.3, 0.4) is 0 Å². The van der Waals surface area contributed by atoms with E-state index in [1.54, 1.807) is 38.5 Å². The quantitative estimate of drug-likeness (QED) is 0.391. The summed E-state index contributed by atoms with van der Waals surface area (Å²) in [5, 5.41) is 14.8. The van der Waals surface area contributed by atoms with E-state index in [1.165, 1.54) is 5.56 Å². The van der Waals surface area contributed by atoms with E-state index >= 15 is 0 Å². The minimum Gasteiger partial charge on any atom is -0.493 e. The van der Waals surface area contributed by atoms with Crippen molar-refractivity contribution >= 4 is 27.6 Å². The van der Waals surface area contributed by atoms with Crippen LogP contribution in [0.25, 0.3) is 0 Å². The van der Waals surface area contributed by atoms with Crippen LogP contribution in [-0.4, -0.2) is 82.7 Å². The maximum atomic E-state index is 11.2. The Morgan fingerprint density at radius 1 is 0.941 bits per heavy atom. The number of nitrogens with zero attached hydrogens (tertiary/aromatic N) is 1. The van der Waals surface area contributed by atoms with Crippen LogP contribution in [-0.2, 0) is 26.0 Å². The molecule has 0 saturated carbocycles. The monoisotopic (exact) mass is 498 g/mol. The molecule has 0 bridgehead atoms. The highest BCUT2D eigenvalue weighted by molar-refractivity contribution is 7.92. The highest BCUT2D eigenvalue weighted by Gasteiger charge is 2.07. The van der Waals surface area contributed by atoms with Crippen molar-refractivity contribution in [1.82, 2.24) is 4.90 Å². The fourth-order valence-electron chi connectivity index (χ4n) is 2.62. The zero-order chi connectivity index (χ0) is 25.7. The number of ether oxygens (including phenoxy) is 3. The van der Waals surface area contributed by atoms with Gasteiger partial charge in [-0.2, -0.15) is 0 Å². The van der Waals surface area contributed by atoms with Crippen LogP contribution < -0.4 is 18.9 Å². The highest BCUT2D eigenvalue weighted by atomic mass is 32.2. The Labute approximate surface area is 198 Å². The first-order valence-electron chi connectivity index (χ1n) is 10.0. The maximum absolute atomic E-state index is 11.2. The lowest BCUT2D eigenvalue weighted by molar-refractivity contribution is -0.159. The van der Waals surface area contributed by atoms with Gasteiger partial charge >= 0.3 is 11.9 Å². The third kappa shape index (κ3) is 11.4. The molecule has 12 heteroatoms. The van der Waals surface area contributed by atoms with E-state index in [1.807, 2.05) is 25.2 Å². The summed E-state index contributed by atoms with van der Waals surface area (Å²) in [5.41, 5.74) is 1.70. The molecule has 0 spiro atoms. The first kappa shape index (κ1) is 28.5. The zero-order valence-electron chi connectivity index (χ0n) is 19.5. The molecule has 0 amide bonds. The number of aliphatic carboxylic acids is 2. The summed E-state index contributed by atoms with van der Waals surface area (Å²) in [6, 6.07) is 12.8. The molecule has 0 unspecified atom stereocenters. The lowest BCUT2D eigenvalue weighted by Crippen LogP contribution is -2.26. The molecule has 3 N–H and O–H groups in total. The molecule has 0 atom stereocenters. The summed E-state index contributed by atoms with van der Waals surface area (Å²) >= 11 is 0. The Morgan fingerprint density at radius 2 is 1.53 bits per heavy atom. The van der Waals surface area contributed by atoms with Crippen molar-refractivity contribution in [3.05, 3.63) is 48.0 Å². The van der Waals surface area contributed by atoms with E-state index in [4.69, 9.17) is 34.0 Å². The van der Waals surface area contributed by atoms with Crippen LogP contribution in [0.15, 0.2) is 42.5 Å². The smallest absolute Gasteiger partial charge is 0.414 e. The molecule has 0 aromatic heterocycles. The molecule has 0 aliphatic heterocycles. The Hall–Kier alpha value is -3.51. The van der Waals surface area contributed by atoms with Crippen LogP contribution in [0.5, 0.6) is 17.2 Å². The van der Waals surface area contributed by atoms with Crippen molar-refractivity contribution in [3.63, 3.8) is 0 Å². The van der Waals surface area contributed by atoms with Gasteiger partial charge in [0.1, 0.15) is 12.4 Å². The fraction of sp³-hybridized carbons (Fsp3) is 0.364. The molecule has 0 aliphatic rings.